The minimum atomic E-state index is -2.34. The summed E-state index contributed by atoms with van der Waals surface area (Å²) in [4.78, 5) is 21.2. The number of halogens is 3. The lowest BCUT2D eigenvalue weighted by Crippen LogP contribution is -2.27. The predicted octanol–water partition coefficient (Wildman–Crippen LogP) is 2.88. The summed E-state index contributed by atoms with van der Waals surface area (Å²) < 4.78 is 2.18. The fourth-order valence-electron chi connectivity index (χ4n) is 1.02. The number of alkyl halides is 3. The molecule has 1 atom stereocenters. The molecular weight excluding hydrogens is 292 g/mol. The van der Waals surface area contributed by atoms with Crippen LogP contribution in [0.15, 0.2) is 30.3 Å². The van der Waals surface area contributed by atoms with Crippen LogP contribution >= 0.6 is 34.8 Å². The lowest BCUT2D eigenvalue weighted by molar-refractivity contribution is -0.575. The van der Waals surface area contributed by atoms with Gasteiger partial charge in [0.1, 0.15) is 0 Å². The predicted molar refractivity (Wildman–Crippen MR) is 62.6 cm³/mol. The van der Waals surface area contributed by atoms with E-state index in [4.69, 9.17) is 34.8 Å². The third-order valence-corrected chi connectivity index (χ3v) is 2.19. The van der Waals surface area contributed by atoms with Gasteiger partial charge in [-0.05, 0) is 12.1 Å². The van der Waals surface area contributed by atoms with Crippen LogP contribution in [0.3, 0.4) is 0 Å². The number of ether oxygens (including phenoxy) is 1. The van der Waals surface area contributed by atoms with E-state index in [1.54, 1.807) is 18.2 Å². The molecule has 0 amide bonds. The highest BCUT2D eigenvalue weighted by atomic mass is 35.6. The number of nitrogens with zero attached hydrogens (tertiary/aromatic N) is 1. The Morgan fingerprint density at radius 3 is 2.24 bits per heavy atom. The summed E-state index contributed by atoms with van der Waals surface area (Å²) in [6, 6.07) is 7.65. The fraction of sp³-hybridized carbons (Fsp3) is 0.222. The first-order valence-corrected chi connectivity index (χ1v) is 5.42. The van der Waals surface area contributed by atoms with Crippen molar-refractivity contribution in [3.63, 3.8) is 0 Å². The minimum absolute atomic E-state index is 0.181. The van der Waals surface area contributed by atoms with E-state index >= 15 is 0 Å². The number of benzene rings is 1. The van der Waals surface area contributed by atoms with Gasteiger partial charge in [-0.25, -0.2) is 4.79 Å². The van der Waals surface area contributed by atoms with E-state index in [9.17, 15) is 14.9 Å². The molecule has 8 heteroatoms. The quantitative estimate of drug-likeness (QED) is 0.283. The van der Waals surface area contributed by atoms with E-state index in [0.717, 1.165) is 0 Å². The van der Waals surface area contributed by atoms with Crippen molar-refractivity contribution in [2.24, 2.45) is 0 Å². The molecule has 92 valence electrons. The third-order valence-electron chi connectivity index (χ3n) is 1.73. The molecule has 0 aromatic heterocycles. The summed E-state index contributed by atoms with van der Waals surface area (Å²) in [6.07, 6.45) is -1.70. The van der Waals surface area contributed by atoms with Crippen LogP contribution in [-0.4, -0.2) is 14.7 Å². The van der Waals surface area contributed by atoms with Gasteiger partial charge in [0, 0.05) is 0 Å². The molecule has 0 aliphatic carbocycles. The van der Waals surface area contributed by atoms with Crippen molar-refractivity contribution < 1.29 is 14.5 Å². The Labute approximate surface area is 111 Å². The number of esters is 1. The molecule has 0 N–H and O–H groups in total. The summed E-state index contributed by atoms with van der Waals surface area (Å²) in [7, 11) is 0. The molecule has 1 unspecified atom stereocenters. The van der Waals surface area contributed by atoms with Gasteiger partial charge in [0.25, 0.3) is 3.79 Å². The van der Waals surface area contributed by atoms with Crippen LogP contribution in [0.4, 0.5) is 0 Å². The first-order chi connectivity index (χ1) is 7.82. The fourth-order valence-corrected chi connectivity index (χ4v) is 1.15. The molecule has 0 fully saturated rings. The number of hydrogen-bond acceptors (Lipinski definition) is 4. The van der Waals surface area contributed by atoms with Crippen molar-refractivity contribution in [3.05, 3.63) is 46.0 Å². The zero-order valence-electron chi connectivity index (χ0n) is 8.18. The molecule has 1 aromatic carbocycles. The Morgan fingerprint density at radius 1 is 1.29 bits per heavy atom. The number of hydrogen-bond donors (Lipinski definition) is 0. The van der Waals surface area contributed by atoms with Crippen molar-refractivity contribution in [2.75, 3.05) is 0 Å². The number of carbonyl (C=O) groups excluding carboxylic acids is 1. The van der Waals surface area contributed by atoms with Crippen LogP contribution in [0.25, 0.3) is 0 Å². The van der Waals surface area contributed by atoms with Gasteiger partial charge in [-0.1, -0.05) is 53.0 Å². The van der Waals surface area contributed by atoms with Crippen molar-refractivity contribution in [1.82, 2.24) is 0 Å². The Morgan fingerprint density at radius 2 is 1.82 bits per heavy atom. The molecule has 0 saturated heterocycles. The van der Waals surface area contributed by atoms with Gasteiger partial charge >= 0.3 is 12.2 Å². The van der Waals surface area contributed by atoms with Gasteiger partial charge in [0.2, 0.25) is 0 Å². The Bertz CT molecular complexity index is 418. The maximum Gasteiger partial charge on any atom is 0.382 e. The van der Waals surface area contributed by atoms with E-state index in [1.165, 1.54) is 12.1 Å². The SMILES string of the molecule is O=C(OC(c1ccccc1)[N+](=O)[O-])C(Cl)(Cl)Cl. The van der Waals surface area contributed by atoms with Crippen LogP contribution in [0.1, 0.15) is 11.8 Å². The van der Waals surface area contributed by atoms with Gasteiger partial charge in [0.05, 0.1) is 10.5 Å². The van der Waals surface area contributed by atoms with E-state index in [-0.39, 0.29) is 5.56 Å². The zero-order valence-corrected chi connectivity index (χ0v) is 10.4. The number of carbonyl (C=O) groups is 1. The molecule has 17 heavy (non-hydrogen) atoms. The molecule has 0 saturated carbocycles. The molecular formula is C9H6Cl3NO4. The van der Waals surface area contributed by atoms with E-state index in [1.807, 2.05) is 0 Å². The second-order valence-electron chi connectivity index (χ2n) is 2.95. The average molecular weight is 299 g/mol. The highest BCUT2D eigenvalue weighted by molar-refractivity contribution is 6.75. The summed E-state index contributed by atoms with van der Waals surface area (Å²) in [6.45, 7) is 0. The summed E-state index contributed by atoms with van der Waals surface area (Å²) >= 11 is 15.8. The lowest BCUT2D eigenvalue weighted by Gasteiger charge is -2.14. The maximum atomic E-state index is 11.2. The Balaban J connectivity index is 2.90. The largest absolute Gasteiger partial charge is 0.391 e. The monoisotopic (exact) mass is 297 g/mol. The normalized spacial score (nSPS) is 12.9. The first-order valence-electron chi connectivity index (χ1n) is 4.28. The topological polar surface area (TPSA) is 69.4 Å². The summed E-state index contributed by atoms with van der Waals surface area (Å²) in [5.41, 5.74) is 0.181. The van der Waals surface area contributed by atoms with Crippen LogP contribution in [0, 0.1) is 10.1 Å². The Hall–Kier alpha value is -1.04. The van der Waals surface area contributed by atoms with Gasteiger partial charge in [-0.15, -0.1) is 0 Å². The van der Waals surface area contributed by atoms with Crippen LogP contribution in [0.2, 0.25) is 0 Å². The molecule has 5 nitrogen and oxygen atoms in total. The minimum Gasteiger partial charge on any atom is -0.391 e. The molecule has 1 rings (SSSR count). The molecule has 1 aromatic rings. The second kappa shape index (κ2) is 5.53. The average Bonchev–Trinajstić information content (AvgIpc) is 2.25. The molecule has 0 aliphatic heterocycles. The standard InChI is InChI=1S/C9H6Cl3NO4/c10-9(11,12)8(14)17-7(13(15)16)6-4-2-1-3-5-6/h1-5,7H. The molecule has 0 heterocycles. The first kappa shape index (κ1) is 14.0. The Kier molecular flexibility index (Phi) is 4.56. The highest BCUT2D eigenvalue weighted by Crippen LogP contribution is 2.30. The van der Waals surface area contributed by atoms with E-state index in [0.29, 0.717) is 0 Å². The molecule has 0 spiro atoms. The van der Waals surface area contributed by atoms with Gasteiger partial charge < -0.3 is 4.74 Å². The zero-order chi connectivity index (χ0) is 13.1. The van der Waals surface area contributed by atoms with Crippen molar-refractivity contribution >= 4 is 40.8 Å². The summed E-state index contributed by atoms with van der Waals surface area (Å²) in [5, 5.41) is 10.8. The molecule has 0 bridgehead atoms. The lowest BCUT2D eigenvalue weighted by atomic mass is 10.2. The number of rotatable bonds is 3. The molecule has 0 radical (unpaired) electrons. The van der Waals surface area contributed by atoms with Gasteiger partial charge in [-0.2, -0.15) is 0 Å². The van der Waals surface area contributed by atoms with Crippen LogP contribution in [-0.2, 0) is 9.53 Å². The van der Waals surface area contributed by atoms with Crippen LogP contribution in [0.5, 0.6) is 0 Å². The van der Waals surface area contributed by atoms with Crippen molar-refractivity contribution in [3.8, 4) is 0 Å². The van der Waals surface area contributed by atoms with Crippen LogP contribution < -0.4 is 0 Å². The second-order valence-corrected chi connectivity index (χ2v) is 5.23. The smallest absolute Gasteiger partial charge is 0.382 e. The van der Waals surface area contributed by atoms with Gasteiger partial charge in [-0.3, -0.25) is 10.1 Å². The third kappa shape index (κ3) is 4.03. The maximum absolute atomic E-state index is 11.2. The summed E-state index contributed by atoms with van der Waals surface area (Å²) in [5.74, 6) is -1.30. The van der Waals surface area contributed by atoms with E-state index < -0.39 is 20.9 Å². The van der Waals surface area contributed by atoms with Crippen molar-refractivity contribution in [1.29, 1.82) is 0 Å². The van der Waals surface area contributed by atoms with Gasteiger partial charge in [0.15, 0.2) is 0 Å². The highest BCUT2D eigenvalue weighted by Gasteiger charge is 2.38. The molecule has 0 aliphatic rings. The van der Waals surface area contributed by atoms with E-state index in [2.05, 4.69) is 4.74 Å². The number of nitro groups is 1. The van der Waals surface area contributed by atoms with Crippen molar-refractivity contribution in [2.45, 2.75) is 10.0 Å².